The molecule has 1 saturated carbocycles. The van der Waals surface area contributed by atoms with Crippen LogP contribution in [0.2, 0.25) is 0 Å². The van der Waals surface area contributed by atoms with Gasteiger partial charge in [-0.05, 0) is 31.7 Å². The fourth-order valence-corrected chi connectivity index (χ4v) is 2.84. The largest absolute Gasteiger partial charge is 0.493 e. The van der Waals surface area contributed by atoms with Crippen LogP contribution < -0.4 is 4.74 Å². The molecule has 0 saturated heterocycles. The highest BCUT2D eigenvalue weighted by Crippen LogP contribution is 2.44. The molecule has 0 amide bonds. The predicted molar refractivity (Wildman–Crippen MR) is 69.1 cm³/mol. The molecule has 1 aliphatic rings. The van der Waals surface area contributed by atoms with Gasteiger partial charge >= 0.3 is 0 Å². The second-order valence-corrected chi connectivity index (χ2v) is 5.00. The molecule has 94 valence electrons. The van der Waals surface area contributed by atoms with Gasteiger partial charge in [0.2, 0.25) is 0 Å². The molecule has 1 aromatic rings. The third-order valence-electron chi connectivity index (χ3n) is 3.91. The van der Waals surface area contributed by atoms with Crippen molar-refractivity contribution in [2.24, 2.45) is 5.92 Å². The van der Waals surface area contributed by atoms with Gasteiger partial charge in [-0.3, -0.25) is 0 Å². The van der Waals surface area contributed by atoms with Gasteiger partial charge in [-0.1, -0.05) is 38.0 Å². The Labute approximate surface area is 104 Å². The molecule has 2 atom stereocenters. The first kappa shape index (κ1) is 12.4. The Morgan fingerprint density at radius 3 is 2.82 bits per heavy atom. The molecule has 17 heavy (non-hydrogen) atoms. The Hall–Kier alpha value is -1.02. The van der Waals surface area contributed by atoms with Crippen molar-refractivity contribution in [3.05, 3.63) is 29.8 Å². The lowest BCUT2D eigenvalue weighted by Crippen LogP contribution is -2.36. The minimum atomic E-state index is -0.704. The van der Waals surface area contributed by atoms with Crippen LogP contribution in [0.1, 0.15) is 45.1 Å². The standard InChI is InChI=1S/C15H22O2/c1-3-17-14-10-5-4-9-13(14)15(16)11-7-6-8-12(15)2/h4-5,9-10,12,16H,3,6-8,11H2,1-2H3. The average Bonchev–Trinajstić information content (AvgIpc) is 2.34. The third kappa shape index (κ3) is 2.32. The zero-order valence-electron chi connectivity index (χ0n) is 10.8. The fourth-order valence-electron chi connectivity index (χ4n) is 2.84. The summed E-state index contributed by atoms with van der Waals surface area (Å²) in [6.45, 7) is 4.76. The topological polar surface area (TPSA) is 29.5 Å². The van der Waals surface area contributed by atoms with Gasteiger partial charge in [0.05, 0.1) is 12.2 Å². The van der Waals surface area contributed by atoms with Gasteiger partial charge < -0.3 is 9.84 Å². The number of rotatable bonds is 3. The van der Waals surface area contributed by atoms with E-state index in [1.165, 1.54) is 6.42 Å². The van der Waals surface area contributed by atoms with Crippen molar-refractivity contribution in [1.82, 2.24) is 0 Å². The van der Waals surface area contributed by atoms with Crippen molar-refractivity contribution in [3.63, 3.8) is 0 Å². The molecule has 2 heteroatoms. The van der Waals surface area contributed by atoms with E-state index in [1.807, 2.05) is 31.2 Å². The SMILES string of the molecule is CCOc1ccccc1C1(O)CCCCC1C. The van der Waals surface area contributed by atoms with Gasteiger partial charge in [0.25, 0.3) is 0 Å². The maximum Gasteiger partial charge on any atom is 0.125 e. The average molecular weight is 234 g/mol. The molecular weight excluding hydrogens is 212 g/mol. The van der Waals surface area contributed by atoms with Crippen LogP contribution in [0.25, 0.3) is 0 Å². The fraction of sp³-hybridized carbons (Fsp3) is 0.600. The van der Waals surface area contributed by atoms with Crippen molar-refractivity contribution in [3.8, 4) is 5.75 Å². The normalized spacial score (nSPS) is 29.0. The second-order valence-electron chi connectivity index (χ2n) is 5.00. The highest BCUT2D eigenvalue weighted by molar-refractivity contribution is 5.38. The molecule has 0 spiro atoms. The van der Waals surface area contributed by atoms with E-state index in [1.54, 1.807) is 0 Å². The number of para-hydroxylation sites is 1. The van der Waals surface area contributed by atoms with Crippen molar-refractivity contribution in [2.45, 2.75) is 45.1 Å². The van der Waals surface area contributed by atoms with Crippen molar-refractivity contribution in [2.75, 3.05) is 6.61 Å². The number of benzene rings is 1. The maximum absolute atomic E-state index is 10.9. The van der Waals surface area contributed by atoms with Gasteiger partial charge in [0, 0.05) is 5.56 Å². The molecule has 1 aromatic carbocycles. The molecule has 0 aliphatic heterocycles. The van der Waals surface area contributed by atoms with Gasteiger partial charge in [-0.2, -0.15) is 0 Å². The van der Waals surface area contributed by atoms with Crippen LogP contribution in [0.5, 0.6) is 5.75 Å². The summed E-state index contributed by atoms with van der Waals surface area (Å²) >= 11 is 0. The Morgan fingerprint density at radius 2 is 2.12 bits per heavy atom. The molecule has 0 aromatic heterocycles. The van der Waals surface area contributed by atoms with Crippen LogP contribution in [0.4, 0.5) is 0 Å². The predicted octanol–water partition coefficient (Wildman–Crippen LogP) is 3.48. The summed E-state index contributed by atoms with van der Waals surface area (Å²) in [6, 6.07) is 7.91. The lowest BCUT2D eigenvalue weighted by molar-refractivity contribution is -0.0487. The van der Waals surface area contributed by atoms with Gasteiger partial charge in [0.1, 0.15) is 5.75 Å². The van der Waals surface area contributed by atoms with Crippen LogP contribution in [0.3, 0.4) is 0 Å². The van der Waals surface area contributed by atoms with E-state index in [-0.39, 0.29) is 0 Å². The molecule has 2 unspecified atom stereocenters. The molecule has 2 rings (SSSR count). The third-order valence-corrected chi connectivity index (χ3v) is 3.91. The molecule has 2 nitrogen and oxygen atoms in total. The molecule has 1 aliphatic carbocycles. The van der Waals surface area contributed by atoms with Crippen LogP contribution in [0, 0.1) is 5.92 Å². The summed E-state index contributed by atoms with van der Waals surface area (Å²) in [4.78, 5) is 0. The monoisotopic (exact) mass is 234 g/mol. The summed E-state index contributed by atoms with van der Waals surface area (Å²) < 4.78 is 5.64. The Morgan fingerprint density at radius 1 is 1.35 bits per heavy atom. The van der Waals surface area contributed by atoms with Crippen LogP contribution in [0.15, 0.2) is 24.3 Å². The van der Waals surface area contributed by atoms with Gasteiger partial charge in [-0.15, -0.1) is 0 Å². The van der Waals surface area contributed by atoms with E-state index >= 15 is 0 Å². The lowest BCUT2D eigenvalue weighted by atomic mass is 9.72. The molecule has 1 N–H and O–H groups in total. The first-order valence-corrected chi connectivity index (χ1v) is 6.63. The summed E-state index contributed by atoms with van der Waals surface area (Å²) in [6.07, 6.45) is 4.26. The minimum absolute atomic E-state index is 0.304. The summed E-state index contributed by atoms with van der Waals surface area (Å²) in [7, 11) is 0. The van der Waals surface area contributed by atoms with Crippen LogP contribution >= 0.6 is 0 Å². The zero-order chi connectivity index (χ0) is 12.3. The van der Waals surface area contributed by atoms with Crippen LogP contribution in [-0.2, 0) is 5.60 Å². The van der Waals surface area contributed by atoms with E-state index < -0.39 is 5.60 Å². The number of hydrogen-bond acceptors (Lipinski definition) is 2. The van der Waals surface area contributed by atoms with E-state index in [2.05, 4.69) is 6.92 Å². The van der Waals surface area contributed by atoms with Crippen LogP contribution in [-0.4, -0.2) is 11.7 Å². The van der Waals surface area contributed by atoms with Crippen molar-refractivity contribution < 1.29 is 9.84 Å². The number of aliphatic hydroxyl groups is 1. The molecule has 1 fully saturated rings. The lowest BCUT2D eigenvalue weighted by Gasteiger charge is -2.39. The minimum Gasteiger partial charge on any atom is -0.493 e. The highest BCUT2D eigenvalue weighted by Gasteiger charge is 2.39. The summed E-state index contributed by atoms with van der Waals surface area (Å²) in [5.41, 5.74) is 0.262. The smallest absolute Gasteiger partial charge is 0.125 e. The second kappa shape index (κ2) is 5.09. The van der Waals surface area contributed by atoms with E-state index in [4.69, 9.17) is 4.74 Å². The number of ether oxygens (including phenoxy) is 1. The van der Waals surface area contributed by atoms with Crippen molar-refractivity contribution >= 4 is 0 Å². The van der Waals surface area contributed by atoms with E-state index in [9.17, 15) is 5.11 Å². The Balaban J connectivity index is 2.37. The van der Waals surface area contributed by atoms with E-state index in [0.29, 0.717) is 12.5 Å². The summed E-state index contributed by atoms with van der Waals surface area (Å²) in [5, 5.41) is 10.9. The summed E-state index contributed by atoms with van der Waals surface area (Å²) in [5.74, 6) is 1.14. The zero-order valence-corrected chi connectivity index (χ0v) is 10.8. The first-order chi connectivity index (χ1) is 8.18. The quantitative estimate of drug-likeness (QED) is 0.867. The molecular formula is C15H22O2. The highest BCUT2D eigenvalue weighted by atomic mass is 16.5. The van der Waals surface area contributed by atoms with E-state index in [0.717, 1.165) is 30.6 Å². The van der Waals surface area contributed by atoms with Gasteiger partial charge in [-0.25, -0.2) is 0 Å². The Bertz CT molecular complexity index is 375. The number of hydrogen-bond donors (Lipinski definition) is 1. The maximum atomic E-state index is 10.9. The first-order valence-electron chi connectivity index (χ1n) is 6.63. The Kier molecular flexibility index (Phi) is 3.72. The molecule has 0 radical (unpaired) electrons. The van der Waals surface area contributed by atoms with Gasteiger partial charge in [0.15, 0.2) is 0 Å². The molecule has 0 heterocycles. The van der Waals surface area contributed by atoms with Crippen molar-refractivity contribution in [1.29, 1.82) is 0 Å². The molecule has 0 bridgehead atoms.